The van der Waals surface area contributed by atoms with Gasteiger partial charge in [-0.2, -0.15) is 5.10 Å². The SMILES string of the molecule is CN(C)c1cc(N2CCN(Cc3ccccc3Cl)CC2)ccc1C=NNC(N)=S. The van der Waals surface area contributed by atoms with Gasteiger partial charge in [-0.3, -0.25) is 10.3 Å². The van der Waals surface area contributed by atoms with Gasteiger partial charge in [0.15, 0.2) is 5.11 Å². The average molecular weight is 431 g/mol. The van der Waals surface area contributed by atoms with Crippen LogP contribution in [0.1, 0.15) is 11.1 Å². The summed E-state index contributed by atoms with van der Waals surface area (Å²) in [5.74, 6) is 0. The normalized spacial score (nSPS) is 14.9. The predicted molar refractivity (Wildman–Crippen MR) is 127 cm³/mol. The van der Waals surface area contributed by atoms with E-state index < -0.39 is 0 Å². The number of nitrogens with two attached hydrogens (primary N) is 1. The molecule has 154 valence electrons. The minimum Gasteiger partial charge on any atom is -0.377 e. The standard InChI is InChI=1S/C21H27ClN6S/c1-26(2)20-13-18(8-7-16(20)14-24-25-21(23)29)28-11-9-27(10-12-28)15-17-5-3-4-6-19(17)22/h3-8,13-14H,9-12,15H2,1-2H3,(H3,23,25,29). The van der Waals surface area contributed by atoms with E-state index in [1.807, 2.05) is 32.3 Å². The molecule has 6 nitrogen and oxygen atoms in total. The molecule has 0 saturated carbocycles. The number of nitrogens with zero attached hydrogens (tertiary/aromatic N) is 4. The van der Waals surface area contributed by atoms with Gasteiger partial charge in [-0.15, -0.1) is 0 Å². The first-order valence-corrected chi connectivity index (χ1v) is 10.3. The largest absolute Gasteiger partial charge is 0.377 e. The van der Waals surface area contributed by atoms with Gasteiger partial charge in [-0.05, 0) is 42.0 Å². The molecule has 3 rings (SSSR count). The molecular weight excluding hydrogens is 404 g/mol. The van der Waals surface area contributed by atoms with Crippen LogP contribution in [0, 0.1) is 0 Å². The van der Waals surface area contributed by atoms with Crippen molar-refractivity contribution in [3.8, 4) is 0 Å². The first kappa shape index (κ1) is 21.4. The molecule has 0 atom stereocenters. The lowest BCUT2D eigenvalue weighted by atomic mass is 10.1. The Morgan fingerprint density at radius 3 is 2.59 bits per heavy atom. The van der Waals surface area contributed by atoms with Crippen molar-refractivity contribution >= 4 is 46.5 Å². The number of piperazine rings is 1. The molecule has 0 unspecified atom stereocenters. The number of hydrazone groups is 1. The maximum absolute atomic E-state index is 6.31. The van der Waals surface area contributed by atoms with Gasteiger partial charge in [0, 0.05) is 68.8 Å². The van der Waals surface area contributed by atoms with Crippen LogP contribution in [0.5, 0.6) is 0 Å². The summed E-state index contributed by atoms with van der Waals surface area (Å²) in [7, 11) is 4.05. The van der Waals surface area contributed by atoms with Gasteiger partial charge >= 0.3 is 0 Å². The Morgan fingerprint density at radius 2 is 1.93 bits per heavy atom. The molecule has 2 aromatic rings. The van der Waals surface area contributed by atoms with Gasteiger partial charge in [0.25, 0.3) is 0 Å². The fraction of sp³-hybridized carbons (Fsp3) is 0.333. The molecular formula is C21H27ClN6S. The fourth-order valence-corrected chi connectivity index (χ4v) is 3.67. The second kappa shape index (κ2) is 9.91. The van der Waals surface area contributed by atoms with Crippen LogP contribution in [0.4, 0.5) is 11.4 Å². The van der Waals surface area contributed by atoms with Crippen LogP contribution < -0.4 is 21.0 Å². The summed E-state index contributed by atoms with van der Waals surface area (Å²) in [5.41, 5.74) is 12.5. The van der Waals surface area contributed by atoms with Crippen LogP contribution in [-0.2, 0) is 6.54 Å². The van der Waals surface area contributed by atoms with Crippen molar-refractivity contribution in [2.75, 3.05) is 50.1 Å². The minimum atomic E-state index is 0.152. The zero-order valence-corrected chi connectivity index (χ0v) is 18.4. The summed E-state index contributed by atoms with van der Waals surface area (Å²) in [6, 6.07) is 14.5. The predicted octanol–water partition coefficient (Wildman–Crippen LogP) is 2.90. The highest BCUT2D eigenvalue weighted by atomic mass is 35.5. The summed E-state index contributed by atoms with van der Waals surface area (Å²) in [6.07, 6.45) is 1.74. The third-order valence-corrected chi connectivity index (χ3v) is 5.42. The first-order chi connectivity index (χ1) is 13.9. The van der Waals surface area contributed by atoms with E-state index in [1.165, 1.54) is 11.3 Å². The highest BCUT2D eigenvalue weighted by Gasteiger charge is 2.19. The lowest BCUT2D eigenvalue weighted by Gasteiger charge is -2.36. The Morgan fingerprint density at radius 1 is 1.21 bits per heavy atom. The third-order valence-electron chi connectivity index (χ3n) is 4.96. The number of hydrogen-bond acceptors (Lipinski definition) is 5. The zero-order chi connectivity index (χ0) is 20.8. The van der Waals surface area contributed by atoms with Crippen LogP contribution in [0.15, 0.2) is 47.6 Å². The number of anilines is 2. The van der Waals surface area contributed by atoms with E-state index in [0.29, 0.717) is 0 Å². The van der Waals surface area contributed by atoms with Gasteiger partial charge < -0.3 is 15.5 Å². The molecule has 0 amide bonds. The Bertz CT molecular complexity index is 877. The Kier molecular flexibility index (Phi) is 7.30. The molecule has 1 aliphatic heterocycles. The van der Waals surface area contributed by atoms with Crippen molar-refractivity contribution in [2.45, 2.75) is 6.54 Å². The van der Waals surface area contributed by atoms with E-state index in [1.54, 1.807) is 6.21 Å². The number of thiocarbonyl (C=S) groups is 1. The Labute approximate surface area is 182 Å². The van der Waals surface area contributed by atoms with E-state index in [4.69, 9.17) is 29.6 Å². The lowest BCUT2D eigenvalue weighted by molar-refractivity contribution is 0.250. The molecule has 1 fully saturated rings. The molecule has 29 heavy (non-hydrogen) atoms. The molecule has 0 spiro atoms. The summed E-state index contributed by atoms with van der Waals surface area (Å²) in [4.78, 5) is 6.95. The van der Waals surface area contributed by atoms with Crippen LogP contribution >= 0.6 is 23.8 Å². The number of hydrogen-bond donors (Lipinski definition) is 2. The van der Waals surface area contributed by atoms with E-state index >= 15 is 0 Å². The maximum atomic E-state index is 6.31. The Balaban J connectivity index is 1.65. The smallest absolute Gasteiger partial charge is 0.184 e. The minimum absolute atomic E-state index is 0.152. The molecule has 1 saturated heterocycles. The molecule has 1 heterocycles. The van der Waals surface area contributed by atoms with Crippen molar-refractivity contribution in [3.05, 3.63) is 58.6 Å². The van der Waals surface area contributed by atoms with Gasteiger partial charge in [-0.25, -0.2) is 0 Å². The Hall–Kier alpha value is -2.35. The highest BCUT2D eigenvalue weighted by Crippen LogP contribution is 2.26. The molecule has 0 bridgehead atoms. The van der Waals surface area contributed by atoms with Gasteiger partial charge in [0.2, 0.25) is 0 Å². The summed E-state index contributed by atoms with van der Waals surface area (Å²) in [5, 5.41) is 5.08. The molecule has 2 aromatic carbocycles. The van der Waals surface area contributed by atoms with Crippen LogP contribution in [0.25, 0.3) is 0 Å². The van der Waals surface area contributed by atoms with Crippen molar-refractivity contribution in [3.63, 3.8) is 0 Å². The summed E-state index contributed by atoms with van der Waals surface area (Å²) in [6.45, 7) is 4.86. The second-order valence-electron chi connectivity index (χ2n) is 7.23. The lowest BCUT2D eigenvalue weighted by Crippen LogP contribution is -2.46. The molecule has 8 heteroatoms. The molecule has 3 N–H and O–H groups in total. The first-order valence-electron chi connectivity index (χ1n) is 9.54. The van der Waals surface area contributed by atoms with Crippen LogP contribution in [0.2, 0.25) is 5.02 Å². The van der Waals surface area contributed by atoms with Gasteiger partial charge in [-0.1, -0.05) is 29.8 Å². The number of nitrogens with one attached hydrogen (secondary N) is 1. The van der Waals surface area contributed by atoms with Crippen LogP contribution in [0.3, 0.4) is 0 Å². The van der Waals surface area contributed by atoms with Crippen molar-refractivity contribution < 1.29 is 0 Å². The van der Waals surface area contributed by atoms with E-state index in [-0.39, 0.29) is 5.11 Å². The van der Waals surface area contributed by atoms with Crippen molar-refractivity contribution in [2.24, 2.45) is 10.8 Å². The average Bonchev–Trinajstić information content (AvgIpc) is 2.70. The van der Waals surface area contributed by atoms with E-state index in [2.05, 4.69) is 49.5 Å². The fourth-order valence-electron chi connectivity index (χ4n) is 3.42. The number of rotatable bonds is 6. The number of benzene rings is 2. The highest BCUT2D eigenvalue weighted by molar-refractivity contribution is 7.80. The third kappa shape index (κ3) is 5.82. The number of halogens is 1. The zero-order valence-electron chi connectivity index (χ0n) is 16.8. The monoisotopic (exact) mass is 430 g/mol. The second-order valence-corrected chi connectivity index (χ2v) is 8.07. The van der Waals surface area contributed by atoms with Crippen LogP contribution in [-0.4, -0.2) is 56.5 Å². The summed E-state index contributed by atoms with van der Waals surface area (Å²) >= 11 is 11.1. The topological polar surface area (TPSA) is 60.1 Å². The molecule has 0 aliphatic carbocycles. The summed E-state index contributed by atoms with van der Waals surface area (Å²) < 4.78 is 0. The van der Waals surface area contributed by atoms with Crippen molar-refractivity contribution in [1.29, 1.82) is 0 Å². The molecule has 0 radical (unpaired) electrons. The van der Waals surface area contributed by atoms with E-state index in [0.717, 1.165) is 49.0 Å². The quantitative estimate of drug-likeness (QED) is 0.417. The van der Waals surface area contributed by atoms with Gasteiger partial charge in [0.1, 0.15) is 0 Å². The molecule has 0 aromatic heterocycles. The van der Waals surface area contributed by atoms with E-state index in [9.17, 15) is 0 Å². The van der Waals surface area contributed by atoms with Crippen molar-refractivity contribution in [1.82, 2.24) is 10.3 Å². The molecule has 1 aliphatic rings. The maximum Gasteiger partial charge on any atom is 0.184 e. The van der Waals surface area contributed by atoms with Gasteiger partial charge in [0.05, 0.1) is 6.21 Å².